The quantitative estimate of drug-likeness (QED) is 0.596. The third-order valence-corrected chi connectivity index (χ3v) is 5.27. The number of aromatic nitrogens is 1. The minimum Gasteiger partial charge on any atom is -0.357 e. The van der Waals surface area contributed by atoms with E-state index in [-0.39, 0.29) is 0 Å². The molecule has 28 heavy (non-hydrogen) atoms. The number of aliphatic imine (C=N–C) groups is 1. The third kappa shape index (κ3) is 6.06. The lowest BCUT2D eigenvalue weighted by atomic mass is 9.97. The molecule has 2 aromatic rings. The highest BCUT2D eigenvalue weighted by molar-refractivity contribution is 5.80. The second-order valence-electron chi connectivity index (χ2n) is 7.64. The van der Waals surface area contributed by atoms with Gasteiger partial charge in [-0.2, -0.15) is 0 Å². The van der Waals surface area contributed by atoms with Gasteiger partial charge in [0.2, 0.25) is 0 Å². The molecule has 0 amide bonds. The molecular formula is C23H33N5. The molecule has 2 atom stereocenters. The Labute approximate surface area is 169 Å². The van der Waals surface area contributed by atoms with E-state index in [2.05, 4.69) is 64.7 Å². The lowest BCUT2D eigenvalue weighted by Gasteiger charge is -2.38. The van der Waals surface area contributed by atoms with Crippen LogP contribution in [0, 0.1) is 6.92 Å². The Morgan fingerprint density at radius 2 is 2.00 bits per heavy atom. The molecule has 1 aliphatic heterocycles. The predicted octanol–water partition coefficient (Wildman–Crippen LogP) is 3.50. The van der Waals surface area contributed by atoms with Crippen LogP contribution in [-0.2, 0) is 13.1 Å². The molecule has 3 rings (SSSR count). The van der Waals surface area contributed by atoms with Crippen molar-refractivity contribution in [2.75, 3.05) is 13.1 Å². The molecule has 150 valence electrons. The summed E-state index contributed by atoms with van der Waals surface area (Å²) in [6.45, 7) is 10.0. The molecule has 0 aliphatic carbocycles. The van der Waals surface area contributed by atoms with Crippen LogP contribution in [0.4, 0.5) is 0 Å². The average molecular weight is 380 g/mol. The molecule has 5 nitrogen and oxygen atoms in total. The van der Waals surface area contributed by atoms with Gasteiger partial charge in [-0.15, -0.1) is 0 Å². The summed E-state index contributed by atoms with van der Waals surface area (Å²) in [6, 6.07) is 17.8. The summed E-state index contributed by atoms with van der Waals surface area (Å²) < 4.78 is 0. The summed E-state index contributed by atoms with van der Waals surface area (Å²) >= 11 is 0. The molecule has 5 heteroatoms. The van der Waals surface area contributed by atoms with Gasteiger partial charge in [-0.1, -0.05) is 36.4 Å². The molecule has 1 aromatic carbocycles. The van der Waals surface area contributed by atoms with E-state index in [4.69, 9.17) is 4.99 Å². The van der Waals surface area contributed by atoms with Gasteiger partial charge < -0.3 is 10.6 Å². The Morgan fingerprint density at radius 1 is 1.18 bits per heavy atom. The maximum absolute atomic E-state index is 4.75. The first-order chi connectivity index (χ1) is 13.6. The fourth-order valence-electron chi connectivity index (χ4n) is 3.77. The summed E-state index contributed by atoms with van der Waals surface area (Å²) in [5, 5.41) is 7.02. The number of benzene rings is 1. The van der Waals surface area contributed by atoms with Crippen molar-refractivity contribution in [1.82, 2.24) is 20.5 Å². The highest BCUT2D eigenvalue weighted by Crippen LogP contribution is 2.20. The Bertz CT molecular complexity index is 759. The number of nitrogens with one attached hydrogen (secondary N) is 2. The Kier molecular flexibility index (Phi) is 7.43. The maximum Gasteiger partial charge on any atom is 0.191 e. The van der Waals surface area contributed by atoms with Gasteiger partial charge in [0.15, 0.2) is 5.96 Å². The van der Waals surface area contributed by atoms with Crippen molar-refractivity contribution < 1.29 is 0 Å². The second kappa shape index (κ2) is 10.2. The highest BCUT2D eigenvalue weighted by atomic mass is 15.2. The first-order valence-corrected chi connectivity index (χ1v) is 10.4. The number of hydrogen-bond donors (Lipinski definition) is 2. The number of pyridine rings is 1. The molecule has 2 N–H and O–H groups in total. The van der Waals surface area contributed by atoms with Crippen LogP contribution >= 0.6 is 0 Å². The lowest BCUT2D eigenvalue weighted by molar-refractivity contribution is 0.134. The number of aryl methyl sites for hydroxylation is 1. The molecule has 1 saturated heterocycles. The molecule has 1 aromatic heterocycles. The number of nitrogens with zero attached hydrogens (tertiary/aromatic N) is 3. The van der Waals surface area contributed by atoms with Gasteiger partial charge in [-0.05, 0) is 51.3 Å². The normalized spacial score (nSPS) is 20.8. The van der Waals surface area contributed by atoms with Crippen LogP contribution in [-0.4, -0.2) is 41.0 Å². The zero-order chi connectivity index (χ0) is 19.8. The van der Waals surface area contributed by atoms with E-state index in [0.29, 0.717) is 18.6 Å². The summed E-state index contributed by atoms with van der Waals surface area (Å²) in [5.74, 6) is 0.888. The summed E-state index contributed by atoms with van der Waals surface area (Å²) in [7, 11) is 0. The smallest absolute Gasteiger partial charge is 0.191 e. The minimum atomic E-state index is 0.449. The molecule has 2 heterocycles. The van der Waals surface area contributed by atoms with E-state index in [1.165, 1.54) is 5.56 Å². The van der Waals surface area contributed by atoms with Crippen molar-refractivity contribution in [2.24, 2.45) is 4.99 Å². The topological polar surface area (TPSA) is 52.6 Å². The van der Waals surface area contributed by atoms with Crippen LogP contribution in [0.25, 0.3) is 0 Å². The number of hydrogen-bond acceptors (Lipinski definition) is 3. The van der Waals surface area contributed by atoms with Gasteiger partial charge in [0.25, 0.3) is 0 Å². The predicted molar refractivity (Wildman–Crippen MR) is 116 cm³/mol. The Morgan fingerprint density at radius 3 is 2.71 bits per heavy atom. The molecule has 0 saturated carbocycles. The standard InChI is InChI=1S/C23H33N5/c1-4-24-23(25-16-22-12-8-9-18(2)26-22)27-21-13-14-28(19(3)15-21)17-20-10-6-5-7-11-20/h5-12,19,21H,4,13-17H2,1-3H3,(H2,24,25,27). The van der Waals surface area contributed by atoms with E-state index in [1.807, 2.05) is 25.1 Å². The molecular weight excluding hydrogens is 346 g/mol. The van der Waals surface area contributed by atoms with Crippen LogP contribution in [0.5, 0.6) is 0 Å². The Hall–Kier alpha value is -2.40. The van der Waals surface area contributed by atoms with Crippen molar-refractivity contribution in [1.29, 1.82) is 0 Å². The maximum atomic E-state index is 4.75. The van der Waals surface area contributed by atoms with E-state index in [1.54, 1.807) is 0 Å². The van der Waals surface area contributed by atoms with Crippen molar-refractivity contribution in [3.05, 3.63) is 65.5 Å². The zero-order valence-corrected chi connectivity index (χ0v) is 17.4. The molecule has 0 radical (unpaired) electrons. The molecule has 0 spiro atoms. The lowest BCUT2D eigenvalue weighted by Crippen LogP contribution is -2.51. The highest BCUT2D eigenvalue weighted by Gasteiger charge is 2.25. The van der Waals surface area contributed by atoms with Gasteiger partial charge in [0, 0.05) is 37.4 Å². The number of rotatable bonds is 6. The SMILES string of the molecule is CCNC(=NCc1cccc(C)n1)NC1CCN(Cc2ccccc2)C(C)C1. The molecule has 0 bridgehead atoms. The monoisotopic (exact) mass is 379 g/mol. The van der Waals surface area contributed by atoms with Gasteiger partial charge in [-0.25, -0.2) is 4.99 Å². The molecule has 1 fully saturated rings. The first kappa shape index (κ1) is 20.3. The summed E-state index contributed by atoms with van der Waals surface area (Å²) in [6.07, 6.45) is 2.25. The molecule has 1 aliphatic rings. The van der Waals surface area contributed by atoms with E-state index >= 15 is 0 Å². The number of guanidine groups is 1. The van der Waals surface area contributed by atoms with Gasteiger partial charge in [0.05, 0.1) is 12.2 Å². The van der Waals surface area contributed by atoms with Crippen molar-refractivity contribution in [3.8, 4) is 0 Å². The van der Waals surface area contributed by atoms with Crippen LogP contribution < -0.4 is 10.6 Å². The van der Waals surface area contributed by atoms with Crippen LogP contribution in [0.3, 0.4) is 0 Å². The van der Waals surface area contributed by atoms with Crippen molar-refractivity contribution in [3.63, 3.8) is 0 Å². The largest absolute Gasteiger partial charge is 0.357 e. The second-order valence-corrected chi connectivity index (χ2v) is 7.64. The van der Waals surface area contributed by atoms with Gasteiger partial charge >= 0.3 is 0 Å². The van der Waals surface area contributed by atoms with Crippen LogP contribution in [0.2, 0.25) is 0 Å². The Balaban J connectivity index is 1.54. The average Bonchev–Trinajstić information content (AvgIpc) is 2.69. The van der Waals surface area contributed by atoms with Crippen LogP contribution in [0.1, 0.15) is 43.6 Å². The minimum absolute atomic E-state index is 0.449. The van der Waals surface area contributed by atoms with E-state index in [0.717, 1.165) is 49.8 Å². The van der Waals surface area contributed by atoms with Crippen LogP contribution in [0.15, 0.2) is 53.5 Å². The van der Waals surface area contributed by atoms with E-state index < -0.39 is 0 Å². The fraction of sp³-hybridized carbons (Fsp3) is 0.478. The van der Waals surface area contributed by atoms with Crippen molar-refractivity contribution >= 4 is 5.96 Å². The molecule has 2 unspecified atom stereocenters. The van der Waals surface area contributed by atoms with Gasteiger partial charge in [-0.3, -0.25) is 9.88 Å². The van der Waals surface area contributed by atoms with E-state index in [9.17, 15) is 0 Å². The third-order valence-electron chi connectivity index (χ3n) is 5.27. The fourth-order valence-corrected chi connectivity index (χ4v) is 3.77. The summed E-state index contributed by atoms with van der Waals surface area (Å²) in [4.78, 5) is 11.9. The first-order valence-electron chi connectivity index (χ1n) is 10.4. The summed E-state index contributed by atoms with van der Waals surface area (Å²) in [5.41, 5.74) is 3.43. The zero-order valence-electron chi connectivity index (χ0n) is 17.4. The number of likely N-dealkylation sites (tertiary alicyclic amines) is 1. The van der Waals surface area contributed by atoms with Crippen molar-refractivity contribution in [2.45, 2.75) is 58.8 Å². The number of piperidine rings is 1. The van der Waals surface area contributed by atoms with Gasteiger partial charge in [0.1, 0.15) is 0 Å².